The molecule has 1 amide bonds. The van der Waals surface area contributed by atoms with Crippen molar-refractivity contribution >= 4 is 17.6 Å². The molecule has 0 aliphatic rings. The molecular weight excluding hydrogens is 262 g/mol. The second kappa shape index (κ2) is 7.37. The maximum Gasteiger partial charge on any atom is 0.315 e. The number of hydrogen-bond acceptors (Lipinski definition) is 5. The van der Waals surface area contributed by atoms with Gasteiger partial charge in [0.2, 0.25) is 5.91 Å². The van der Waals surface area contributed by atoms with Gasteiger partial charge in [0.25, 0.3) is 0 Å². The number of aryl methyl sites for hydroxylation is 1. The number of amides is 1. The minimum Gasteiger partial charge on any atom is -0.496 e. The summed E-state index contributed by atoms with van der Waals surface area (Å²) in [5.41, 5.74) is 1.33. The third-order valence-electron chi connectivity index (χ3n) is 2.60. The molecule has 0 aromatic heterocycles. The van der Waals surface area contributed by atoms with E-state index in [1.807, 2.05) is 6.92 Å². The van der Waals surface area contributed by atoms with Crippen molar-refractivity contribution in [2.45, 2.75) is 20.3 Å². The Hall–Kier alpha value is -2.24. The van der Waals surface area contributed by atoms with Crippen LogP contribution in [0.2, 0.25) is 0 Å². The van der Waals surface area contributed by atoms with Crippen molar-refractivity contribution in [3.8, 4) is 11.5 Å². The molecule has 1 aromatic rings. The summed E-state index contributed by atoms with van der Waals surface area (Å²) in [4.78, 5) is 23.0. The van der Waals surface area contributed by atoms with E-state index < -0.39 is 11.9 Å². The minimum atomic E-state index is -0.567. The predicted octanol–water partition coefficient (Wildman–Crippen LogP) is 1.90. The van der Waals surface area contributed by atoms with E-state index in [1.54, 1.807) is 26.2 Å². The molecule has 0 spiro atoms. The minimum absolute atomic E-state index is 0.244. The van der Waals surface area contributed by atoms with Gasteiger partial charge in [0.05, 0.1) is 26.5 Å². The highest BCUT2D eigenvalue weighted by molar-refractivity contribution is 6.02. The van der Waals surface area contributed by atoms with Crippen molar-refractivity contribution in [2.24, 2.45) is 0 Å². The normalized spacial score (nSPS) is 9.80. The van der Waals surface area contributed by atoms with Crippen molar-refractivity contribution in [3.63, 3.8) is 0 Å². The van der Waals surface area contributed by atoms with Crippen molar-refractivity contribution in [1.82, 2.24) is 0 Å². The first kappa shape index (κ1) is 15.8. The quantitative estimate of drug-likeness (QED) is 0.637. The number of rotatable bonds is 6. The molecular formula is C14H19NO5. The van der Waals surface area contributed by atoms with Crippen molar-refractivity contribution in [2.75, 3.05) is 26.1 Å². The Kier molecular flexibility index (Phi) is 5.83. The Morgan fingerprint density at radius 2 is 1.80 bits per heavy atom. The van der Waals surface area contributed by atoms with Gasteiger partial charge in [0, 0.05) is 6.07 Å². The van der Waals surface area contributed by atoms with Crippen molar-refractivity contribution in [1.29, 1.82) is 0 Å². The fraction of sp³-hybridized carbons (Fsp3) is 0.429. The largest absolute Gasteiger partial charge is 0.496 e. The maximum absolute atomic E-state index is 11.7. The van der Waals surface area contributed by atoms with Gasteiger partial charge in [-0.15, -0.1) is 0 Å². The highest BCUT2D eigenvalue weighted by Gasteiger charge is 2.14. The smallest absolute Gasteiger partial charge is 0.315 e. The van der Waals surface area contributed by atoms with E-state index in [4.69, 9.17) is 14.2 Å². The van der Waals surface area contributed by atoms with Crippen LogP contribution in [0.1, 0.15) is 18.9 Å². The number of anilines is 1. The van der Waals surface area contributed by atoms with Gasteiger partial charge in [-0.3, -0.25) is 9.59 Å². The van der Waals surface area contributed by atoms with Crippen molar-refractivity contribution < 1.29 is 23.8 Å². The standard InChI is InChI=1S/C14H19NO5/c1-5-20-14(17)8-13(16)15-10-7-11(18-3)9(2)6-12(10)19-4/h6-7H,5,8H2,1-4H3,(H,15,16). The van der Waals surface area contributed by atoms with Gasteiger partial charge in [-0.25, -0.2) is 0 Å². The van der Waals surface area contributed by atoms with Crippen LogP contribution in [-0.2, 0) is 14.3 Å². The van der Waals surface area contributed by atoms with Gasteiger partial charge in [0.15, 0.2) is 0 Å². The summed E-state index contributed by atoms with van der Waals surface area (Å²) in [6.07, 6.45) is -0.340. The van der Waals surface area contributed by atoms with E-state index >= 15 is 0 Å². The predicted molar refractivity (Wildman–Crippen MR) is 74.2 cm³/mol. The highest BCUT2D eigenvalue weighted by atomic mass is 16.5. The molecule has 6 nitrogen and oxygen atoms in total. The van der Waals surface area contributed by atoms with E-state index in [9.17, 15) is 9.59 Å². The van der Waals surface area contributed by atoms with Gasteiger partial charge in [-0.2, -0.15) is 0 Å². The van der Waals surface area contributed by atoms with Crippen molar-refractivity contribution in [3.05, 3.63) is 17.7 Å². The molecule has 0 saturated carbocycles. The lowest BCUT2D eigenvalue weighted by atomic mass is 10.2. The number of nitrogens with one attached hydrogen (secondary N) is 1. The molecule has 1 rings (SSSR count). The molecule has 0 unspecified atom stereocenters. The molecule has 0 atom stereocenters. The summed E-state index contributed by atoms with van der Waals surface area (Å²) in [6.45, 7) is 3.79. The van der Waals surface area contributed by atoms with Gasteiger partial charge < -0.3 is 19.5 Å². The number of benzene rings is 1. The Morgan fingerprint density at radius 1 is 1.15 bits per heavy atom. The molecule has 20 heavy (non-hydrogen) atoms. The second-order valence-corrected chi connectivity index (χ2v) is 4.05. The van der Waals surface area contributed by atoms with Gasteiger partial charge in [-0.05, 0) is 25.5 Å². The van der Waals surface area contributed by atoms with Crippen LogP contribution in [0.4, 0.5) is 5.69 Å². The zero-order chi connectivity index (χ0) is 15.1. The van der Waals surface area contributed by atoms with Crippen LogP contribution in [0.3, 0.4) is 0 Å². The van der Waals surface area contributed by atoms with Crippen LogP contribution >= 0.6 is 0 Å². The molecule has 0 aliphatic heterocycles. The maximum atomic E-state index is 11.7. The molecule has 0 saturated heterocycles. The number of methoxy groups -OCH3 is 2. The molecule has 1 aromatic carbocycles. The van der Waals surface area contributed by atoms with Crippen LogP contribution in [0, 0.1) is 6.92 Å². The third kappa shape index (κ3) is 4.15. The first-order valence-corrected chi connectivity index (χ1v) is 6.19. The van der Waals surface area contributed by atoms with E-state index in [1.165, 1.54) is 7.11 Å². The fourth-order valence-electron chi connectivity index (χ4n) is 1.69. The lowest BCUT2D eigenvalue weighted by molar-refractivity contribution is -0.145. The number of esters is 1. The zero-order valence-corrected chi connectivity index (χ0v) is 12.1. The number of carbonyl (C=O) groups excluding carboxylic acids is 2. The Bertz CT molecular complexity index is 499. The summed E-state index contributed by atoms with van der Waals surface area (Å²) in [7, 11) is 3.04. The fourth-order valence-corrected chi connectivity index (χ4v) is 1.69. The van der Waals surface area contributed by atoms with E-state index in [0.717, 1.165) is 5.56 Å². The lowest BCUT2D eigenvalue weighted by Crippen LogP contribution is -2.18. The molecule has 110 valence electrons. The average molecular weight is 281 g/mol. The first-order chi connectivity index (χ1) is 9.51. The Labute approximate surface area is 118 Å². The third-order valence-corrected chi connectivity index (χ3v) is 2.60. The molecule has 0 radical (unpaired) electrons. The first-order valence-electron chi connectivity index (χ1n) is 6.19. The molecule has 6 heteroatoms. The van der Waals surface area contributed by atoms with Gasteiger partial charge >= 0.3 is 5.97 Å². The summed E-state index contributed by atoms with van der Waals surface area (Å²) in [5, 5.41) is 2.61. The summed E-state index contributed by atoms with van der Waals surface area (Å²) >= 11 is 0. The van der Waals surface area contributed by atoms with Gasteiger partial charge in [0.1, 0.15) is 17.9 Å². The van der Waals surface area contributed by atoms with E-state index in [2.05, 4.69) is 5.32 Å². The molecule has 0 bridgehead atoms. The molecule has 0 heterocycles. The van der Waals surface area contributed by atoms with Crippen LogP contribution in [0.25, 0.3) is 0 Å². The molecule has 0 fully saturated rings. The SMILES string of the molecule is CCOC(=O)CC(=O)Nc1cc(OC)c(C)cc1OC. The Morgan fingerprint density at radius 3 is 2.35 bits per heavy atom. The Balaban J connectivity index is 2.85. The topological polar surface area (TPSA) is 73.9 Å². The highest BCUT2D eigenvalue weighted by Crippen LogP contribution is 2.32. The van der Waals surface area contributed by atoms with Gasteiger partial charge in [-0.1, -0.05) is 0 Å². The van der Waals surface area contributed by atoms with E-state index in [0.29, 0.717) is 17.2 Å². The van der Waals surface area contributed by atoms with Crippen LogP contribution in [-0.4, -0.2) is 32.7 Å². The summed E-state index contributed by atoms with van der Waals surface area (Å²) in [5.74, 6) is 0.0912. The van der Waals surface area contributed by atoms with Crippen LogP contribution < -0.4 is 14.8 Å². The number of carbonyl (C=O) groups is 2. The average Bonchev–Trinajstić information content (AvgIpc) is 2.40. The monoisotopic (exact) mass is 281 g/mol. The second-order valence-electron chi connectivity index (χ2n) is 4.05. The molecule has 1 N–H and O–H groups in total. The molecule has 0 aliphatic carbocycles. The number of hydrogen-bond donors (Lipinski definition) is 1. The van der Waals surface area contributed by atoms with Crippen LogP contribution in [0.5, 0.6) is 11.5 Å². The summed E-state index contributed by atoms with van der Waals surface area (Å²) in [6, 6.07) is 3.40. The van der Waals surface area contributed by atoms with E-state index in [-0.39, 0.29) is 13.0 Å². The van der Waals surface area contributed by atoms with Crippen LogP contribution in [0.15, 0.2) is 12.1 Å². The lowest BCUT2D eigenvalue weighted by Gasteiger charge is -2.13. The number of ether oxygens (including phenoxy) is 3. The zero-order valence-electron chi connectivity index (χ0n) is 12.1. The summed E-state index contributed by atoms with van der Waals surface area (Å²) < 4.78 is 15.1.